The number of carbonyl (C=O) groups is 2. The Kier molecular flexibility index (Phi) is 9.36. The summed E-state index contributed by atoms with van der Waals surface area (Å²) in [5.74, 6) is -0.358. The van der Waals surface area contributed by atoms with Crippen molar-refractivity contribution < 1.29 is 9.59 Å². The Morgan fingerprint density at radius 3 is 1.89 bits per heavy atom. The zero-order chi connectivity index (χ0) is 26.0. The van der Waals surface area contributed by atoms with Crippen LogP contribution in [0.3, 0.4) is 0 Å². The summed E-state index contributed by atoms with van der Waals surface area (Å²) in [6.45, 7) is 0.547. The molecule has 0 aliphatic heterocycles. The molecule has 0 fully saturated rings. The second kappa shape index (κ2) is 13.1. The molecule has 1 N–H and O–H groups in total. The Labute approximate surface area is 227 Å². The highest BCUT2D eigenvalue weighted by Crippen LogP contribution is 2.21. The van der Waals surface area contributed by atoms with Crippen molar-refractivity contribution in [2.75, 3.05) is 0 Å². The molecule has 0 aliphatic rings. The minimum absolute atomic E-state index is 0.115. The Bertz CT molecular complexity index is 1320. The van der Waals surface area contributed by atoms with Crippen LogP contribution < -0.4 is 5.32 Å². The van der Waals surface area contributed by atoms with Gasteiger partial charge < -0.3 is 10.2 Å². The maximum atomic E-state index is 13.7. The number of benzene rings is 4. The predicted octanol–water partition coefficient (Wildman–Crippen LogP) is 6.49. The maximum absolute atomic E-state index is 13.7. The van der Waals surface area contributed by atoms with Gasteiger partial charge in [-0.25, -0.2) is 0 Å². The van der Waals surface area contributed by atoms with E-state index in [0.717, 1.165) is 22.3 Å². The van der Waals surface area contributed by atoms with Gasteiger partial charge in [-0.2, -0.15) is 0 Å². The van der Waals surface area contributed by atoms with Gasteiger partial charge in [0.25, 0.3) is 0 Å². The fourth-order valence-electron chi connectivity index (χ4n) is 4.17. The third-order valence-corrected chi connectivity index (χ3v) is 6.72. The molecule has 4 nitrogen and oxygen atoms in total. The van der Waals surface area contributed by atoms with E-state index >= 15 is 0 Å². The van der Waals surface area contributed by atoms with Crippen molar-refractivity contribution in [2.24, 2.45) is 0 Å². The Hall–Kier alpha value is -3.60. The van der Waals surface area contributed by atoms with E-state index < -0.39 is 6.04 Å². The maximum Gasteiger partial charge on any atom is 0.243 e. The molecule has 4 aromatic carbocycles. The first kappa shape index (κ1) is 26.5. The van der Waals surface area contributed by atoms with Crippen LogP contribution in [0.2, 0.25) is 10.0 Å². The first-order valence-corrected chi connectivity index (χ1v) is 12.9. The summed E-state index contributed by atoms with van der Waals surface area (Å²) in [6.07, 6.45) is 0.587. The second-order valence-corrected chi connectivity index (χ2v) is 9.67. The molecule has 6 heteroatoms. The molecule has 0 aromatic heterocycles. The first-order valence-electron chi connectivity index (χ1n) is 12.1. The van der Waals surface area contributed by atoms with Gasteiger partial charge in [0, 0.05) is 29.6 Å². The van der Waals surface area contributed by atoms with Gasteiger partial charge >= 0.3 is 0 Å². The van der Waals surface area contributed by atoms with Crippen LogP contribution in [0.1, 0.15) is 22.3 Å². The zero-order valence-electron chi connectivity index (χ0n) is 20.3. The monoisotopic (exact) mass is 530 g/mol. The molecule has 4 rings (SSSR count). The van der Waals surface area contributed by atoms with Gasteiger partial charge in [-0.1, -0.05) is 120 Å². The van der Waals surface area contributed by atoms with Gasteiger partial charge in [-0.3, -0.25) is 9.59 Å². The smallest absolute Gasteiger partial charge is 0.243 e. The fourth-order valence-corrected chi connectivity index (χ4v) is 4.65. The van der Waals surface area contributed by atoms with Crippen LogP contribution in [0.25, 0.3) is 0 Å². The number of nitrogens with one attached hydrogen (secondary N) is 1. The van der Waals surface area contributed by atoms with Gasteiger partial charge in [-0.05, 0) is 34.4 Å². The predicted molar refractivity (Wildman–Crippen MR) is 149 cm³/mol. The van der Waals surface area contributed by atoms with E-state index in [0.29, 0.717) is 23.0 Å². The van der Waals surface area contributed by atoms with Crippen LogP contribution in [0.4, 0.5) is 0 Å². The van der Waals surface area contributed by atoms with Gasteiger partial charge in [0.05, 0.1) is 6.42 Å². The summed E-state index contributed by atoms with van der Waals surface area (Å²) in [6, 6.07) is 33.5. The van der Waals surface area contributed by atoms with Crippen molar-refractivity contribution in [3.8, 4) is 0 Å². The normalized spacial score (nSPS) is 11.5. The lowest BCUT2D eigenvalue weighted by molar-refractivity contribution is -0.140. The SMILES string of the molecule is O=C(NCc1ccc(Cl)cc1Cl)[C@@H](Cc1ccccc1)N(Cc1ccccc1)C(=O)Cc1ccccc1. The number of hydrogen-bond donors (Lipinski definition) is 1. The summed E-state index contributed by atoms with van der Waals surface area (Å²) in [7, 11) is 0. The number of carbonyl (C=O) groups excluding carboxylic acids is 2. The van der Waals surface area contributed by atoms with Crippen LogP contribution in [0.15, 0.2) is 109 Å². The van der Waals surface area contributed by atoms with E-state index in [1.54, 1.807) is 23.1 Å². The summed E-state index contributed by atoms with van der Waals surface area (Å²) >= 11 is 12.4. The first-order chi connectivity index (χ1) is 18.0. The van der Waals surface area contributed by atoms with Crippen molar-refractivity contribution in [1.29, 1.82) is 0 Å². The number of halogens is 2. The second-order valence-electron chi connectivity index (χ2n) is 8.83. The molecule has 1 atom stereocenters. The van der Waals surface area contributed by atoms with E-state index in [-0.39, 0.29) is 24.8 Å². The highest BCUT2D eigenvalue weighted by molar-refractivity contribution is 6.35. The van der Waals surface area contributed by atoms with Crippen LogP contribution in [-0.4, -0.2) is 22.8 Å². The van der Waals surface area contributed by atoms with Gasteiger partial charge in [0.15, 0.2) is 0 Å². The molecule has 188 valence electrons. The molecule has 4 aromatic rings. The van der Waals surface area contributed by atoms with Crippen LogP contribution in [-0.2, 0) is 35.5 Å². The Morgan fingerprint density at radius 2 is 1.30 bits per heavy atom. The molecule has 0 bridgehead atoms. The summed E-state index contributed by atoms with van der Waals surface area (Å²) in [5, 5.41) is 4.01. The van der Waals surface area contributed by atoms with E-state index in [1.807, 2.05) is 91.0 Å². The molecule has 0 saturated carbocycles. The fraction of sp³-hybridized carbons (Fsp3) is 0.161. The van der Waals surface area contributed by atoms with E-state index in [1.165, 1.54) is 0 Å². The average Bonchev–Trinajstić information content (AvgIpc) is 2.91. The summed E-state index contributed by atoms with van der Waals surface area (Å²) < 4.78 is 0. The standard InChI is InChI=1S/C31H28Cl2N2O2/c32-27-17-16-26(28(33)20-27)21-34-31(37)29(18-23-10-4-1-5-11-23)35(22-25-14-8-3-9-15-25)30(36)19-24-12-6-2-7-13-24/h1-17,20,29H,18-19,21-22H2,(H,34,37)/t29-/m1/s1. The Balaban J connectivity index is 1.63. The topological polar surface area (TPSA) is 49.4 Å². The van der Waals surface area contributed by atoms with Gasteiger partial charge in [-0.15, -0.1) is 0 Å². The van der Waals surface area contributed by atoms with Crippen molar-refractivity contribution in [1.82, 2.24) is 10.2 Å². The van der Waals surface area contributed by atoms with Crippen molar-refractivity contribution in [2.45, 2.75) is 32.0 Å². The molecule has 0 spiro atoms. The molecular formula is C31H28Cl2N2O2. The summed E-state index contributed by atoms with van der Waals surface area (Å²) in [5.41, 5.74) is 3.58. The number of hydrogen-bond acceptors (Lipinski definition) is 2. The lowest BCUT2D eigenvalue weighted by atomic mass is 10.0. The highest BCUT2D eigenvalue weighted by atomic mass is 35.5. The zero-order valence-corrected chi connectivity index (χ0v) is 21.8. The molecular weight excluding hydrogens is 503 g/mol. The molecule has 0 saturated heterocycles. The molecule has 0 unspecified atom stereocenters. The van der Waals surface area contributed by atoms with Gasteiger partial charge in [0.2, 0.25) is 11.8 Å². The van der Waals surface area contributed by atoms with Gasteiger partial charge in [0.1, 0.15) is 6.04 Å². The van der Waals surface area contributed by atoms with Crippen LogP contribution >= 0.6 is 23.2 Å². The minimum atomic E-state index is -0.718. The molecule has 2 amide bonds. The molecule has 37 heavy (non-hydrogen) atoms. The number of rotatable bonds is 10. The largest absolute Gasteiger partial charge is 0.350 e. The van der Waals surface area contributed by atoms with Crippen molar-refractivity contribution in [3.63, 3.8) is 0 Å². The third kappa shape index (κ3) is 7.69. The van der Waals surface area contributed by atoms with E-state index in [9.17, 15) is 9.59 Å². The molecule has 0 radical (unpaired) electrons. The van der Waals surface area contributed by atoms with E-state index in [4.69, 9.17) is 23.2 Å². The van der Waals surface area contributed by atoms with E-state index in [2.05, 4.69) is 5.32 Å². The minimum Gasteiger partial charge on any atom is -0.350 e. The summed E-state index contributed by atoms with van der Waals surface area (Å²) in [4.78, 5) is 29.1. The number of amides is 2. The van der Waals surface area contributed by atoms with Crippen molar-refractivity contribution >= 4 is 35.0 Å². The third-order valence-electron chi connectivity index (χ3n) is 6.13. The van der Waals surface area contributed by atoms with Crippen LogP contribution in [0.5, 0.6) is 0 Å². The highest BCUT2D eigenvalue weighted by Gasteiger charge is 2.30. The Morgan fingerprint density at radius 1 is 0.730 bits per heavy atom. The number of nitrogens with zero attached hydrogens (tertiary/aromatic N) is 1. The molecule has 0 heterocycles. The van der Waals surface area contributed by atoms with Crippen molar-refractivity contribution in [3.05, 3.63) is 141 Å². The lowest BCUT2D eigenvalue weighted by Gasteiger charge is -2.32. The quantitative estimate of drug-likeness (QED) is 0.254. The average molecular weight is 531 g/mol. The molecule has 0 aliphatic carbocycles. The van der Waals surface area contributed by atoms with Crippen LogP contribution in [0, 0.1) is 0 Å². The lowest BCUT2D eigenvalue weighted by Crippen LogP contribution is -2.50.